The number of Topliss-reactive ketones (excluding diaryl/α,β-unsaturated/α-hetero) is 1. The highest BCUT2D eigenvalue weighted by Gasteiger charge is 2.61. The number of nitrogens with zero attached hydrogens (tertiary/aromatic N) is 2. The van der Waals surface area contributed by atoms with E-state index < -0.39 is 0 Å². The fourth-order valence-electron chi connectivity index (χ4n) is 8.21. The number of aromatic nitrogens is 2. The van der Waals surface area contributed by atoms with Crippen LogP contribution in [0.5, 0.6) is 0 Å². The average molecular weight is 411 g/mol. The van der Waals surface area contributed by atoms with Gasteiger partial charge in [-0.2, -0.15) is 5.10 Å². The second-order valence-electron chi connectivity index (χ2n) is 11.5. The number of aryl methyl sites for hydroxylation is 2. The summed E-state index contributed by atoms with van der Waals surface area (Å²) in [7, 11) is 1.98. The third-order valence-corrected chi connectivity index (χ3v) is 10.2. The summed E-state index contributed by atoms with van der Waals surface area (Å²) >= 11 is 0. The number of carbonyl (C=O) groups excluding carboxylic acids is 1. The summed E-state index contributed by atoms with van der Waals surface area (Å²) in [4.78, 5) is 13.6. The van der Waals surface area contributed by atoms with Crippen molar-refractivity contribution < 1.29 is 9.90 Å². The van der Waals surface area contributed by atoms with Gasteiger partial charge in [-0.15, -0.1) is 0 Å². The first kappa shape index (κ1) is 20.5. The number of carbonyl (C=O) groups is 1. The molecular formula is C26H38N2O2. The zero-order chi connectivity index (χ0) is 21.4. The molecule has 4 saturated carbocycles. The van der Waals surface area contributed by atoms with Crippen LogP contribution in [0.4, 0.5) is 0 Å². The molecule has 1 N–H and O–H groups in total. The Morgan fingerprint density at radius 3 is 2.57 bits per heavy atom. The smallest absolute Gasteiger partial charge is 0.165 e. The van der Waals surface area contributed by atoms with Gasteiger partial charge in [0.25, 0.3) is 0 Å². The maximum absolute atomic E-state index is 13.6. The Morgan fingerprint density at radius 1 is 1.10 bits per heavy atom. The van der Waals surface area contributed by atoms with Crippen LogP contribution in [0.2, 0.25) is 0 Å². The van der Waals surface area contributed by atoms with Crippen LogP contribution >= 0.6 is 0 Å². The van der Waals surface area contributed by atoms with Gasteiger partial charge in [-0.3, -0.25) is 9.48 Å². The lowest BCUT2D eigenvalue weighted by atomic mass is 9.45. The number of rotatable bonds is 1. The molecule has 0 radical (unpaired) electrons. The van der Waals surface area contributed by atoms with Gasteiger partial charge in [-0.25, -0.2) is 0 Å². The number of allylic oxidation sites excluding steroid dienone is 1. The SMILES string of the molecule is Cc1nn(C)c(C)c1/C=C1\C[C@@H]2[C@H]3CC[C@H]4C[C@@H](O)CC[C@]4(C)[C@@H]3CC[C@]2(C)C1=O. The van der Waals surface area contributed by atoms with E-state index in [1.54, 1.807) is 0 Å². The first-order valence-corrected chi connectivity index (χ1v) is 12.1. The van der Waals surface area contributed by atoms with Gasteiger partial charge in [0.05, 0.1) is 11.8 Å². The normalized spacial score (nSPS) is 44.7. The number of fused-ring (bicyclic) bond motifs is 5. The van der Waals surface area contributed by atoms with Crippen molar-refractivity contribution in [1.29, 1.82) is 0 Å². The van der Waals surface area contributed by atoms with Crippen molar-refractivity contribution in [3.05, 3.63) is 22.5 Å². The molecule has 1 aromatic rings. The van der Waals surface area contributed by atoms with Gasteiger partial charge >= 0.3 is 0 Å². The third-order valence-electron chi connectivity index (χ3n) is 10.2. The molecule has 0 bridgehead atoms. The fourth-order valence-corrected chi connectivity index (χ4v) is 8.21. The minimum absolute atomic E-state index is 0.0953. The van der Waals surface area contributed by atoms with Crippen molar-refractivity contribution >= 4 is 11.9 Å². The Balaban J connectivity index is 1.47. The Kier molecular flexibility index (Phi) is 4.63. The van der Waals surface area contributed by atoms with Gasteiger partial charge in [-0.05, 0) is 106 Å². The molecule has 4 nitrogen and oxygen atoms in total. The van der Waals surface area contributed by atoms with E-state index in [4.69, 9.17) is 0 Å². The van der Waals surface area contributed by atoms with E-state index in [0.717, 1.165) is 60.5 Å². The second-order valence-corrected chi connectivity index (χ2v) is 11.5. The van der Waals surface area contributed by atoms with Crippen LogP contribution in [0.1, 0.15) is 82.2 Å². The maximum Gasteiger partial charge on any atom is 0.165 e. The Bertz CT molecular complexity index is 914. The van der Waals surface area contributed by atoms with Gasteiger partial charge in [-0.1, -0.05) is 13.8 Å². The molecule has 4 heteroatoms. The minimum atomic E-state index is -0.186. The number of aliphatic hydroxyl groups excluding tert-OH is 1. The lowest BCUT2D eigenvalue weighted by molar-refractivity contribution is -0.141. The van der Waals surface area contributed by atoms with E-state index in [-0.39, 0.29) is 11.5 Å². The fraction of sp³-hybridized carbons (Fsp3) is 0.769. The van der Waals surface area contributed by atoms with Crippen LogP contribution in [0.3, 0.4) is 0 Å². The highest BCUT2D eigenvalue weighted by molar-refractivity contribution is 6.06. The highest BCUT2D eigenvalue weighted by Crippen LogP contribution is 2.66. The van der Waals surface area contributed by atoms with E-state index in [0.29, 0.717) is 29.0 Å². The van der Waals surface area contributed by atoms with Crippen LogP contribution in [0, 0.1) is 48.3 Å². The maximum atomic E-state index is 13.6. The van der Waals surface area contributed by atoms with E-state index in [2.05, 4.69) is 31.9 Å². The monoisotopic (exact) mass is 410 g/mol. The van der Waals surface area contributed by atoms with Gasteiger partial charge < -0.3 is 5.11 Å². The summed E-state index contributed by atoms with van der Waals surface area (Å²) in [5, 5.41) is 14.8. The van der Waals surface area contributed by atoms with Crippen LogP contribution in [0.15, 0.2) is 5.57 Å². The number of hydrogen-bond acceptors (Lipinski definition) is 3. The Labute approximate surface area is 181 Å². The molecule has 7 atom stereocenters. The molecule has 1 heterocycles. The molecule has 0 aromatic carbocycles. The average Bonchev–Trinajstić information content (AvgIpc) is 3.10. The van der Waals surface area contributed by atoms with Crippen molar-refractivity contribution in [2.45, 2.75) is 85.2 Å². The van der Waals surface area contributed by atoms with Crippen LogP contribution in [-0.2, 0) is 11.8 Å². The first-order valence-electron chi connectivity index (χ1n) is 12.1. The van der Waals surface area contributed by atoms with Crippen LogP contribution < -0.4 is 0 Å². The standard InChI is InChI=1S/C26H38N2O2/c1-15-21(16(2)28(5)27-15)12-17-13-23-20-7-6-18-14-19(29)8-10-25(18,3)22(20)9-11-26(23,4)24(17)30/h12,18-20,22-23,29H,6-11,13-14H2,1-5H3/b17-12+/t18-,19-,20-,22+,23+,25-,26-/m0/s1. The van der Waals surface area contributed by atoms with Crippen molar-refractivity contribution in [2.24, 2.45) is 41.5 Å². The summed E-state index contributed by atoms with van der Waals surface area (Å²) in [6.07, 6.45) is 10.8. The summed E-state index contributed by atoms with van der Waals surface area (Å²) in [5.74, 6) is 2.93. The third kappa shape index (κ3) is 2.75. The highest BCUT2D eigenvalue weighted by atomic mass is 16.3. The molecular weight excluding hydrogens is 372 g/mol. The molecule has 0 unspecified atom stereocenters. The number of ketones is 1. The zero-order valence-corrected chi connectivity index (χ0v) is 19.4. The van der Waals surface area contributed by atoms with Gasteiger partial charge in [0.2, 0.25) is 0 Å². The molecule has 4 aliphatic rings. The molecule has 30 heavy (non-hydrogen) atoms. The Morgan fingerprint density at radius 2 is 1.87 bits per heavy atom. The van der Waals surface area contributed by atoms with Crippen molar-refractivity contribution in [3.8, 4) is 0 Å². The number of hydrogen-bond donors (Lipinski definition) is 1. The predicted octanol–water partition coefficient (Wildman–Crippen LogP) is 5.00. The van der Waals surface area contributed by atoms with Crippen molar-refractivity contribution in [3.63, 3.8) is 0 Å². The van der Waals surface area contributed by atoms with Crippen molar-refractivity contribution in [2.75, 3.05) is 0 Å². The first-order chi connectivity index (χ1) is 14.1. The van der Waals surface area contributed by atoms with E-state index in [1.165, 1.54) is 19.3 Å². The topological polar surface area (TPSA) is 55.1 Å². The largest absolute Gasteiger partial charge is 0.393 e. The molecule has 0 aliphatic heterocycles. The van der Waals surface area contributed by atoms with Crippen molar-refractivity contribution in [1.82, 2.24) is 9.78 Å². The van der Waals surface area contributed by atoms with Gasteiger partial charge in [0.1, 0.15) is 0 Å². The number of aliphatic hydroxyl groups is 1. The van der Waals surface area contributed by atoms with E-state index in [9.17, 15) is 9.90 Å². The quantitative estimate of drug-likeness (QED) is 0.663. The van der Waals surface area contributed by atoms with Crippen LogP contribution in [0.25, 0.3) is 6.08 Å². The lowest BCUT2D eigenvalue weighted by Gasteiger charge is -2.59. The van der Waals surface area contributed by atoms with Crippen LogP contribution in [-0.4, -0.2) is 26.8 Å². The summed E-state index contributed by atoms with van der Waals surface area (Å²) in [5.41, 5.74) is 4.50. The molecule has 1 aromatic heterocycles. The molecule has 0 spiro atoms. The zero-order valence-electron chi connectivity index (χ0n) is 19.4. The van der Waals surface area contributed by atoms with E-state index >= 15 is 0 Å². The Hall–Kier alpha value is -1.42. The molecule has 0 saturated heterocycles. The minimum Gasteiger partial charge on any atom is -0.393 e. The molecule has 4 fully saturated rings. The summed E-state index contributed by atoms with van der Waals surface area (Å²) in [6, 6.07) is 0. The lowest BCUT2D eigenvalue weighted by Crippen LogP contribution is -2.54. The molecule has 5 rings (SSSR count). The van der Waals surface area contributed by atoms with E-state index in [1.807, 2.05) is 18.7 Å². The summed E-state index contributed by atoms with van der Waals surface area (Å²) < 4.78 is 1.92. The molecule has 4 aliphatic carbocycles. The second kappa shape index (κ2) is 6.79. The molecule has 0 amide bonds. The summed E-state index contributed by atoms with van der Waals surface area (Å²) in [6.45, 7) is 8.91. The van der Waals surface area contributed by atoms with Gasteiger partial charge in [0, 0.05) is 23.7 Å². The molecule has 164 valence electrons. The predicted molar refractivity (Wildman–Crippen MR) is 119 cm³/mol. The van der Waals surface area contributed by atoms with Gasteiger partial charge in [0.15, 0.2) is 5.78 Å².